The Morgan fingerprint density at radius 2 is 1.89 bits per heavy atom. The van der Waals surface area contributed by atoms with E-state index in [1.807, 2.05) is 0 Å². The van der Waals surface area contributed by atoms with Gasteiger partial charge in [-0.15, -0.1) is 0 Å². The number of rotatable bonds is 7. The number of nitrogens with one attached hydrogen (secondary N) is 1. The highest BCUT2D eigenvalue weighted by atomic mass is 16.3. The van der Waals surface area contributed by atoms with Crippen LogP contribution < -0.4 is 5.32 Å². The van der Waals surface area contributed by atoms with Gasteiger partial charge in [0.1, 0.15) is 0 Å². The van der Waals surface area contributed by atoms with Crippen molar-refractivity contribution >= 4 is 0 Å². The molecule has 0 aromatic heterocycles. The lowest BCUT2D eigenvalue weighted by Crippen LogP contribution is -2.46. The number of likely N-dealkylation sites (N-methyl/N-ethyl adjacent to an activating group) is 1. The highest BCUT2D eigenvalue weighted by Gasteiger charge is 2.21. The van der Waals surface area contributed by atoms with Crippen LogP contribution in [0, 0.1) is 5.92 Å². The van der Waals surface area contributed by atoms with Crippen molar-refractivity contribution in [2.24, 2.45) is 5.92 Å². The monoisotopic (exact) mass is 257 g/mol. The molecule has 1 rings (SSSR count). The summed E-state index contributed by atoms with van der Waals surface area (Å²) in [7, 11) is 4.32. The molecule has 1 fully saturated rings. The normalized spacial score (nSPS) is 20.8. The second-order valence-corrected chi connectivity index (χ2v) is 6.18. The van der Waals surface area contributed by atoms with Crippen LogP contribution >= 0.6 is 0 Å². The summed E-state index contributed by atoms with van der Waals surface area (Å²) in [5.41, 5.74) is 0. The minimum absolute atomic E-state index is 0.256. The quantitative estimate of drug-likeness (QED) is 0.701. The van der Waals surface area contributed by atoms with Crippen molar-refractivity contribution in [3.63, 3.8) is 0 Å². The average Bonchev–Trinajstić information content (AvgIpc) is 2.29. The van der Waals surface area contributed by atoms with Gasteiger partial charge in [-0.05, 0) is 52.5 Å². The van der Waals surface area contributed by atoms with Crippen LogP contribution in [-0.4, -0.2) is 73.9 Å². The number of aliphatic hydroxyl groups is 1. The van der Waals surface area contributed by atoms with Crippen LogP contribution in [0.2, 0.25) is 0 Å². The van der Waals surface area contributed by atoms with Crippen molar-refractivity contribution in [1.82, 2.24) is 15.1 Å². The molecule has 4 nitrogen and oxygen atoms in total. The summed E-state index contributed by atoms with van der Waals surface area (Å²) in [4.78, 5) is 4.71. The van der Waals surface area contributed by atoms with Crippen molar-refractivity contribution in [3.05, 3.63) is 0 Å². The minimum Gasteiger partial charge on any atom is -0.390 e. The molecule has 1 aliphatic heterocycles. The molecule has 1 atom stereocenters. The van der Waals surface area contributed by atoms with E-state index in [1.54, 1.807) is 0 Å². The lowest BCUT2D eigenvalue weighted by Gasteiger charge is -2.36. The smallest absolute Gasteiger partial charge is 0.0791 e. The first-order valence-corrected chi connectivity index (χ1v) is 7.26. The SMILES string of the molecule is CC(C)CNCC(O)CN(C)C1CCN(C)CC1. The predicted molar refractivity (Wildman–Crippen MR) is 76.9 cm³/mol. The van der Waals surface area contributed by atoms with Crippen molar-refractivity contribution in [2.45, 2.75) is 38.8 Å². The summed E-state index contributed by atoms with van der Waals surface area (Å²) in [5, 5.41) is 13.3. The zero-order valence-corrected chi connectivity index (χ0v) is 12.5. The van der Waals surface area contributed by atoms with Gasteiger partial charge in [0, 0.05) is 19.1 Å². The number of hydrogen-bond acceptors (Lipinski definition) is 4. The van der Waals surface area contributed by atoms with Crippen molar-refractivity contribution in [1.29, 1.82) is 0 Å². The molecule has 108 valence electrons. The van der Waals surface area contributed by atoms with E-state index in [4.69, 9.17) is 0 Å². The molecular formula is C14H31N3O. The second-order valence-electron chi connectivity index (χ2n) is 6.18. The van der Waals surface area contributed by atoms with E-state index < -0.39 is 0 Å². The molecular weight excluding hydrogens is 226 g/mol. The highest BCUT2D eigenvalue weighted by molar-refractivity contribution is 4.78. The molecule has 0 saturated carbocycles. The zero-order chi connectivity index (χ0) is 13.5. The number of nitrogens with zero attached hydrogens (tertiary/aromatic N) is 2. The molecule has 0 spiro atoms. The third kappa shape index (κ3) is 6.14. The maximum Gasteiger partial charge on any atom is 0.0791 e. The maximum atomic E-state index is 10.0. The van der Waals surface area contributed by atoms with E-state index in [1.165, 1.54) is 25.9 Å². The fourth-order valence-corrected chi connectivity index (χ4v) is 2.52. The Morgan fingerprint density at radius 1 is 1.28 bits per heavy atom. The number of aliphatic hydroxyl groups excluding tert-OH is 1. The van der Waals surface area contributed by atoms with Crippen LogP contribution in [-0.2, 0) is 0 Å². The third-order valence-corrected chi connectivity index (χ3v) is 3.74. The molecule has 1 aliphatic rings. The molecule has 0 bridgehead atoms. The van der Waals surface area contributed by atoms with Crippen LogP contribution in [0.3, 0.4) is 0 Å². The Hall–Kier alpha value is -0.160. The zero-order valence-electron chi connectivity index (χ0n) is 12.5. The standard InChI is InChI=1S/C14H31N3O/c1-12(2)9-15-10-14(18)11-17(4)13-5-7-16(3)8-6-13/h12-15,18H,5-11H2,1-4H3. The molecule has 0 aromatic rings. The lowest BCUT2D eigenvalue weighted by atomic mass is 10.0. The second kappa shape index (κ2) is 8.10. The molecule has 0 aromatic carbocycles. The summed E-state index contributed by atoms with van der Waals surface area (Å²) in [5.74, 6) is 0.642. The number of piperidine rings is 1. The maximum absolute atomic E-state index is 10.0. The summed E-state index contributed by atoms with van der Waals surface area (Å²) in [6.45, 7) is 9.19. The molecule has 1 saturated heterocycles. The molecule has 18 heavy (non-hydrogen) atoms. The van der Waals surface area contributed by atoms with Crippen LogP contribution in [0.5, 0.6) is 0 Å². The minimum atomic E-state index is -0.256. The molecule has 0 aliphatic carbocycles. The first kappa shape index (κ1) is 15.9. The van der Waals surface area contributed by atoms with Gasteiger partial charge in [0.2, 0.25) is 0 Å². The van der Waals surface area contributed by atoms with Gasteiger partial charge in [-0.3, -0.25) is 0 Å². The van der Waals surface area contributed by atoms with Crippen molar-refractivity contribution < 1.29 is 5.11 Å². The number of hydrogen-bond donors (Lipinski definition) is 2. The van der Waals surface area contributed by atoms with Gasteiger partial charge in [-0.2, -0.15) is 0 Å². The first-order valence-electron chi connectivity index (χ1n) is 7.26. The lowest BCUT2D eigenvalue weighted by molar-refractivity contribution is 0.0783. The van der Waals surface area contributed by atoms with E-state index in [0.717, 1.165) is 13.1 Å². The van der Waals surface area contributed by atoms with E-state index >= 15 is 0 Å². The van der Waals surface area contributed by atoms with Crippen LogP contribution in [0.25, 0.3) is 0 Å². The van der Waals surface area contributed by atoms with E-state index in [0.29, 0.717) is 18.5 Å². The Labute approximate surface area is 112 Å². The first-order chi connectivity index (χ1) is 8.49. The van der Waals surface area contributed by atoms with Gasteiger partial charge >= 0.3 is 0 Å². The molecule has 1 unspecified atom stereocenters. The average molecular weight is 257 g/mol. The van der Waals surface area contributed by atoms with E-state index in [9.17, 15) is 5.11 Å². The Balaban J connectivity index is 2.16. The van der Waals surface area contributed by atoms with Crippen LogP contribution in [0.4, 0.5) is 0 Å². The van der Waals surface area contributed by atoms with Gasteiger partial charge in [0.05, 0.1) is 6.10 Å². The van der Waals surface area contributed by atoms with Crippen molar-refractivity contribution in [2.75, 3.05) is 46.8 Å². The van der Waals surface area contributed by atoms with Gasteiger partial charge in [0.15, 0.2) is 0 Å². The Morgan fingerprint density at radius 3 is 2.44 bits per heavy atom. The summed E-state index contributed by atoms with van der Waals surface area (Å²) in [6.07, 6.45) is 2.19. The molecule has 1 heterocycles. The Kier molecular flexibility index (Phi) is 7.15. The van der Waals surface area contributed by atoms with Gasteiger partial charge in [0.25, 0.3) is 0 Å². The summed E-state index contributed by atoms with van der Waals surface area (Å²) in [6, 6.07) is 0.640. The summed E-state index contributed by atoms with van der Waals surface area (Å²) >= 11 is 0. The van der Waals surface area contributed by atoms with Gasteiger partial charge in [-0.1, -0.05) is 13.8 Å². The predicted octanol–water partition coefficient (Wildman–Crippen LogP) is 0.619. The number of likely N-dealkylation sites (tertiary alicyclic amines) is 1. The Bertz CT molecular complexity index is 215. The fourth-order valence-electron chi connectivity index (χ4n) is 2.52. The topological polar surface area (TPSA) is 38.7 Å². The highest BCUT2D eigenvalue weighted by Crippen LogP contribution is 2.14. The largest absolute Gasteiger partial charge is 0.390 e. The fraction of sp³-hybridized carbons (Fsp3) is 1.00. The molecule has 0 amide bonds. The molecule has 4 heteroatoms. The van der Waals surface area contributed by atoms with Crippen molar-refractivity contribution in [3.8, 4) is 0 Å². The molecule has 2 N–H and O–H groups in total. The van der Waals surface area contributed by atoms with Crippen LogP contribution in [0.1, 0.15) is 26.7 Å². The summed E-state index contributed by atoms with van der Waals surface area (Å²) < 4.78 is 0. The van der Waals surface area contributed by atoms with Gasteiger partial charge in [-0.25, -0.2) is 0 Å². The van der Waals surface area contributed by atoms with Crippen LogP contribution in [0.15, 0.2) is 0 Å². The third-order valence-electron chi connectivity index (χ3n) is 3.74. The van der Waals surface area contributed by atoms with E-state index in [-0.39, 0.29) is 6.10 Å². The molecule has 0 radical (unpaired) electrons. The van der Waals surface area contributed by atoms with E-state index in [2.05, 4.69) is 43.1 Å². The van der Waals surface area contributed by atoms with Gasteiger partial charge < -0.3 is 20.2 Å².